The van der Waals surface area contributed by atoms with Crippen LogP contribution in [-0.4, -0.2) is 28.1 Å². The molecule has 0 aliphatic heterocycles. The fourth-order valence-corrected chi connectivity index (χ4v) is 2.69. The summed E-state index contributed by atoms with van der Waals surface area (Å²) in [5.41, 5.74) is 1.41. The van der Waals surface area contributed by atoms with E-state index < -0.39 is 10.7 Å². The molecule has 8 nitrogen and oxygen atoms in total. The van der Waals surface area contributed by atoms with Crippen molar-refractivity contribution < 1.29 is 18.8 Å². The Hall–Kier alpha value is -3.75. The van der Waals surface area contributed by atoms with Gasteiger partial charge in [0.05, 0.1) is 23.8 Å². The minimum absolute atomic E-state index is 0.144. The van der Waals surface area contributed by atoms with Crippen molar-refractivity contribution in [2.75, 3.05) is 12.4 Å². The molecule has 150 valence electrons. The third kappa shape index (κ3) is 4.75. The Morgan fingerprint density at radius 2 is 1.90 bits per heavy atom. The molecule has 0 unspecified atom stereocenters. The number of aromatic nitrogens is 2. The van der Waals surface area contributed by atoms with Gasteiger partial charge in [-0.2, -0.15) is 0 Å². The van der Waals surface area contributed by atoms with Crippen molar-refractivity contribution in [1.82, 2.24) is 9.97 Å². The van der Waals surface area contributed by atoms with Gasteiger partial charge in [-0.25, -0.2) is 14.4 Å². The number of ether oxygens (including phenoxy) is 2. The van der Waals surface area contributed by atoms with Crippen molar-refractivity contribution in [3.8, 4) is 22.8 Å². The lowest BCUT2D eigenvalue weighted by atomic mass is 10.1. The van der Waals surface area contributed by atoms with Crippen LogP contribution in [0.25, 0.3) is 11.3 Å². The Kier molecular flexibility index (Phi) is 5.87. The number of halogens is 1. The van der Waals surface area contributed by atoms with Crippen molar-refractivity contribution in [2.45, 2.75) is 20.0 Å². The molecule has 0 aliphatic carbocycles. The number of nitrogens with zero attached hydrogens (tertiary/aromatic N) is 3. The highest BCUT2D eigenvalue weighted by Crippen LogP contribution is 2.33. The smallest absolute Gasteiger partial charge is 0.312 e. The van der Waals surface area contributed by atoms with E-state index in [1.165, 1.54) is 37.7 Å². The number of nitrogens with one attached hydrogen (secondary N) is 1. The fourth-order valence-electron chi connectivity index (χ4n) is 2.69. The second-order valence-electron chi connectivity index (χ2n) is 6.36. The summed E-state index contributed by atoms with van der Waals surface area (Å²) in [6.07, 6.45) is 1.20. The van der Waals surface area contributed by atoms with Crippen molar-refractivity contribution in [3.05, 3.63) is 64.7 Å². The first-order chi connectivity index (χ1) is 13.9. The molecule has 0 aliphatic rings. The van der Waals surface area contributed by atoms with Gasteiger partial charge in [0.15, 0.2) is 5.75 Å². The SMILES string of the molecule is COc1ccc(Nc2cc(-c3ccc(F)cc3OC(C)C)ncn2)cc1[N+](=O)[O-]. The summed E-state index contributed by atoms with van der Waals surface area (Å²) in [5.74, 6) is 0.520. The van der Waals surface area contributed by atoms with Gasteiger partial charge in [0.25, 0.3) is 0 Å². The van der Waals surface area contributed by atoms with Gasteiger partial charge in [-0.3, -0.25) is 10.1 Å². The van der Waals surface area contributed by atoms with E-state index in [1.807, 2.05) is 13.8 Å². The summed E-state index contributed by atoms with van der Waals surface area (Å²) < 4.78 is 24.4. The average molecular weight is 398 g/mol. The Morgan fingerprint density at radius 3 is 2.59 bits per heavy atom. The first kappa shape index (κ1) is 20.0. The number of anilines is 2. The molecule has 0 saturated heterocycles. The third-order valence-corrected chi connectivity index (χ3v) is 3.90. The van der Waals surface area contributed by atoms with Crippen LogP contribution >= 0.6 is 0 Å². The van der Waals surface area contributed by atoms with Crippen molar-refractivity contribution >= 4 is 17.2 Å². The maximum Gasteiger partial charge on any atom is 0.312 e. The summed E-state index contributed by atoms with van der Waals surface area (Å²) in [6.45, 7) is 3.69. The van der Waals surface area contributed by atoms with E-state index >= 15 is 0 Å². The fraction of sp³-hybridized carbons (Fsp3) is 0.200. The van der Waals surface area contributed by atoms with Gasteiger partial charge < -0.3 is 14.8 Å². The topological polar surface area (TPSA) is 99.4 Å². The lowest BCUT2D eigenvalue weighted by Crippen LogP contribution is -2.07. The molecule has 0 atom stereocenters. The molecule has 29 heavy (non-hydrogen) atoms. The zero-order valence-corrected chi connectivity index (χ0v) is 16.0. The zero-order chi connectivity index (χ0) is 21.0. The molecule has 9 heteroatoms. The molecule has 0 amide bonds. The molecule has 3 rings (SSSR count). The molecule has 3 aromatic rings. The van der Waals surface area contributed by atoms with Crippen LogP contribution in [0.1, 0.15) is 13.8 Å². The predicted molar refractivity (Wildman–Crippen MR) is 106 cm³/mol. The monoisotopic (exact) mass is 398 g/mol. The highest BCUT2D eigenvalue weighted by Gasteiger charge is 2.16. The van der Waals surface area contributed by atoms with Gasteiger partial charge >= 0.3 is 5.69 Å². The molecule has 0 radical (unpaired) electrons. The minimum atomic E-state index is -0.524. The number of methoxy groups -OCH3 is 1. The van der Waals surface area contributed by atoms with Crippen LogP contribution < -0.4 is 14.8 Å². The van der Waals surface area contributed by atoms with Gasteiger partial charge in [0.1, 0.15) is 23.7 Å². The molecule has 0 spiro atoms. The van der Waals surface area contributed by atoms with E-state index in [0.29, 0.717) is 28.5 Å². The van der Waals surface area contributed by atoms with Crippen molar-refractivity contribution in [3.63, 3.8) is 0 Å². The Labute approximate surface area is 166 Å². The lowest BCUT2D eigenvalue weighted by Gasteiger charge is -2.14. The van der Waals surface area contributed by atoms with Crippen molar-refractivity contribution in [2.24, 2.45) is 0 Å². The zero-order valence-electron chi connectivity index (χ0n) is 16.0. The maximum absolute atomic E-state index is 13.7. The summed E-state index contributed by atoms with van der Waals surface area (Å²) in [6, 6.07) is 10.3. The first-order valence-electron chi connectivity index (χ1n) is 8.75. The molecule has 0 bridgehead atoms. The quantitative estimate of drug-likeness (QED) is 0.454. The van der Waals surface area contributed by atoms with Gasteiger partial charge in [0.2, 0.25) is 0 Å². The number of rotatable bonds is 7. The van der Waals surface area contributed by atoms with Crippen LogP contribution in [0.4, 0.5) is 21.6 Å². The first-order valence-corrected chi connectivity index (χ1v) is 8.75. The number of nitro groups is 1. The van der Waals surface area contributed by atoms with Crippen LogP contribution in [0.2, 0.25) is 0 Å². The Balaban J connectivity index is 1.94. The molecule has 0 saturated carbocycles. The molecule has 1 heterocycles. The van der Waals surface area contributed by atoms with E-state index in [9.17, 15) is 14.5 Å². The van der Waals surface area contributed by atoms with E-state index in [2.05, 4.69) is 15.3 Å². The minimum Gasteiger partial charge on any atom is -0.490 e. The molecule has 2 aromatic carbocycles. The standard InChI is InChI=1S/C20H19FN4O4/c1-12(2)29-19-8-13(21)4-6-15(19)16-10-20(23-11-22-16)24-14-5-7-18(28-3)17(9-14)25(26)27/h4-12H,1-3H3,(H,22,23,24). The molecule has 0 fully saturated rings. The molecular formula is C20H19FN4O4. The second-order valence-corrected chi connectivity index (χ2v) is 6.36. The van der Waals surface area contributed by atoms with Crippen LogP contribution in [0, 0.1) is 15.9 Å². The largest absolute Gasteiger partial charge is 0.490 e. The normalized spacial score (nSPS) is 10.7. The number of benzene rings is 2. The van der Waals surface area contributed by atoms with E-state index in [0.717, 1.165) is 0 Å². The third-order valence-electron chi connectivity index (χ3n) is 3.90. The van der Waals surface area contributed by atoms with Crippen molar-refractivity contribution in [1.29, 1.82) is 0 Å². The van der Waals surface area contributed by atoms with Crippen LogP contribution in [0.15, 0.2) is 48.8 Å². The summed E-state index contributed by atoms with van der Waals surface area (Å²) in [5, 5.41) is 14.2. The van der Waals surface area contributed by atoms with Gasteiger partial charge in [-0.15, -0.1) is 0 Å². The average Bonchev–Trinajstić information content (AvgIpc) is 2.67. The van der Waals surface area contributed by atoms with E-state index in [1.54, 1.807) is 18.2 Å². The Morgan fingerprint density at radius 1 is 1.10 bits per heavy atom. The maximum atomic E-state index is 13.7. The van der Waals surface area contributed by atoms with Gasteiger partial charge in [-0.1, -0.05) is 0 Å². The summed E-state index contributed by atoms with van der Waals surface area (Å²) >= 11 is 0. The number of hydrogen-bond donors (Lipinski definition) is 1. The van der Waals surface area contributed by atoms with E-state index in [-0.39, 0.29) is 17.5 Å². The predicted octanol–water partition coefficient (Wildman–Crippen LogP) is 4.73. The highest BCUT2D eigenvalue weighted by atomic mass is 19.1. The van der Waals surface area contributed by atoms with Crippen LogP contribution in [0.3, 0.4) is 0 Å². The summed E-state index contributed by atoms with van der Waals surface area (Å²) in [7, 11) is 1.37. The van der Waals surface area contributed by atoms with Gasteiger partial charge in [-0.05, 0) is 38.1 Å². The molecule has 1 aromatic heterocycles. The molecular weight excluding hydrogens is 379 g/mol. The highest BCUT2D eigenvalue weighted by molar-refractivity contribution is 5.71. The Bertz CT molecular complexity index is 1040. The molecule has 1 N–H and O–H groups in total. The number of nitro benzene ring substituents is 1. The van der Waals surface area contributed by atoms with Crippen LogP contribution in [-0.2, 0) is 0 Å². The number of hydrogen-bond acceptors (Lipinski definition) is 7. The van der Waals surface area contributed by atoms with E-state index in [4.69, 9.17) is 9.47 Å². The van der Waals surface area contributed by atoms with Gasteiger partial charge in [0, 0.05) is 29.4 Å². The second kappa shape index (κ2) is 8.51. The van der Waals surface area contributed by atoms with Crippen LogP contribution in [0.5, 0.6) is 11.5 Å². The summed E-state index contributed by atoms with van der Waals surface area (Å²) in [4.78, 5) is 19.1. The lowest BCUT2D eigenvalue weighted by molar-refractivity contribution is -0.385.